The lowest BCUT2D eigenvalue weighted by atomic mass is 9.96. The normalized spacial score (nSPS) is 18.9. The predicted molar refractivity (Wildman–Crippen MR) is 69.7 cm³/mol. The third kappa shape index (κ3) is 2.38. The Bertz CT molecular complexity index is 552. The van der Waals surface area contributed by atoms with Crippen LogP contribution in [0.4, 0.5) is 0 Å². The van der Waals surface area contributed by atoms with E-state index in [1.165, 1.54) is 6.92 Å². The second kappa shape index (κ2) is 4.88. The number of hydrogen-bond donors (Lipinski definition) is 1. The van der Waals surface area contributed by atoms with E-state index in [-0.39, 0.29) is 11.4 Å². The van der Waals surface area contributed by atoms with E-state index in [9.17, 15) is 14.7 Å². The molecule has 4 heteroatoms. The van der Waals surface area contributed by atoms with Crippen LogP contribution in [0.2, 0.25) is 0 Å². The number of cyclic esters (lactones) is 1. The van der Waals surface area contributed by atoms with Crippen LogP contribution in [0.3, 0.4) is 0 Å². The van der Waals surface area contributed by atoms with Crippen molar-refractivity contribution in [2.24, 2.45) is 0 Å². The molecule has 2 rings (SSSR count). The summed E-state index contributed by atoms with van der Waals surface area (Å²) in [6.45, 7) is 5.47. The van der Waals surface area contributed by atoms with Crippen LogP contribution < -0.4 is 0 Å². The molecule has 1 aliphatic heterocycles. The summed E-state index contributed by atoms with van der Waals surface area (Å²) in [5.41, 5.74) is 1.87. The molecule has 1 atom stereocenters. The zero-order valence-corrected chi connectivity index (χ0v) is 11.1. The molecule has 1 unspecified atom stereocenters. The Kier molecular flexibility index (Phi) is 3.42. The molecule has 100 valence electrons. The van der Waals surface area contributed by atoms with Gasteiger partial charge in [-0.1, -0.05) is 38.1 Å². The van der Waals surface area contributed by atoms with Crippen molar-refractivity contribution in [2.45, 2.75) is 32.8 Å². The number of Topliss-reactive ketones (excluding diaryl/α,β-unsaturated/α-hetero) is 1. The number of carbonyl (C=O) groups is 2. The van der Waals surface area contributed by atoms with Crippen LogP contribution in [-0.4, -0.2) is 16.9 Å². The average Bonchev–Trinajstić information content (AvgIpc) is 2.66. The maximum Gasteiger partial charge on any atom is 0.374 e. The number of ketones is 1. The van der Waals surface area contributed by atoms with E-state index >= 15 is 0 Å². The van der Waals surface area contributed by atoms with E-state index in [0.29, 0.717) is 11.5 Å². The number of esters is 1. The first-order valence-electron chi connectivity index (χ1n) is 6.16. The highest BCUT2D eigenvalue weighted by molar-refractivity contribution is 6.05. The molecule has 0 spiro atoms. The molecule has 0 fully saturated rings. The minimum absolute atomic E-state index is 0.0299. The third-order valence-corrected chi connectivity index (χ3v) is 3.22. The fourth-order valence-corrected chi connectivity index (χ4v) is 2.10. The maximum absolute atomic E-state index is 11.5. The van der Waals surface area contributed by atoms with Crippen LogP contribution in [-0.2, 0) is 14.3 Å². The fourth-order valence-electron chi connectivity index (χ4n) is 2.10. The van der Waals surface area contributed by atoms with Gasteiger partial charge < -0.3 is 9.84 Å². The molecular formula is C15H16O4. The van der Waals surface area contributed by atoms with Crippen LogP contribution in [0.25, 0.3) is 0 Å². The minimum Gasteiger partial charge on any atom is -0.501 e. The second-order valence-corrected chi connectivity index (χ2v) is 4.93. The number of benzene rings is 1. The topological polar surface area (TPSA) is 63.6 Å². The van der Waals surface area contributed by atoms with Gasteiger partial charge >= 0.3 is 5.97 Å². The van der Waals surface area contributed by atoms with Crippen molar-refractivity contribution >= 4 is 11.8 Å². The maximum atomic E-state index is 11.5. The highest BCUT2D eigenvalue weighted by atomic mass is 16.6. The van der Waals surface area contributed by atoms with Gasteiger partial charge in [-0.05, 0) is 24.0 Å². The fraction of sp³-hybridized carbons (Fsp3) is 0.333. The van der Waals surface area contributed by atoms with E-state index in [0.717, 1.165) is 5.56 Å². The van der Waals surface area contributed by atoms with Gasteiger partial charge in [0.1, 0.15) is 0 Å². The Hall–Kier alpha value is -2.10. The monoisotopic (exact) mass is 260 g/mol. The summed E-state index contributed by atoms with van der Waals surface area (Å²) in [6, 6.07) is 7.49. The summed E-state index contributed by atoms with van der Waals surface area (Å²) in [5, 5.41) is 9.59. The number of hydrogen-bond acceptors (Lipinski definition) is 4. The highest BCUT2D eigenvalue weighted by Crippen LogP contribution is 2.35. The molecular weight excluding hydrogens is 244 g/mol. The van der Waals surface area contributed by atoms with Crippen LogP contribution in [0.5, 0.6) is 0 Å². The van der Waals surface area contributed by atoms with E-state index in [1.54, 1.807) is 0 Å². The molecule has 0 bridgehead atoms. The first-order chi connectivity index (χ1) is 8.91. The first kappa shape index (κ1) is 13.3. The molecule has 1 aromatic carbocycles. The van der Waals surface area contributed by atoms with Gasteiger partial charge in [0.25, 0.3) is 0 Å². The number of carbonyl (C=O) groups excluding carboxylic acids is 2. The lowest BCUT2D eigenvalue weighted by molar-refractivity contribution is -0.142. The molecule has 0 aliphatic carbocycles. The number of aliphatic hydroxyl groups excluding tert-OH is 1. The van der Waals surface area contributed by atoms with E-state index < -0.39 is 17.8 Å². The zero-order valence-electron chi connectivity index (χ0n) is 11.1. The van der Waals surface area contributed by atoms with Crippen LogP contribution >= 0.6 is 0 Å². The number of ether oxygens (including phenoxy) is 1. The molecule has 4 nitrogen and oxygen atoms in total. The summed E-state index contributed by atoms with van der Waals surface area (Å²) < 4.78 is 5.05. The van der Waals surface area contributed by atoms with Gasteiger partial charge in [-0.25, -0.2) is 4.79 Å². The molecule has 1 aliphatic rings. The molecule has 1 aromatic rings. The minimum atomic E-state index is -0.844. The van der Waals surface area contributed by atoms with Crippen LogP contribution in [0.15, 0.2) is 35.6 Å². The van der Waals surface area contributed by atoms with Crippen molar-refractivity contribution in [2.75, 3.05) is 0 Å². The molecule has 19 heavy (non-hydrogen) atoms. The number of rotatable bonds is 3. The summed E-state index contributed by atoms with van der Waals surface area (Å²) >= 11 is 0. The van der Waals surface area contributed by atoms with Gasteiger partial charge in [-0.15, -0.1) is 0 Å². The Morgan fingerprint density at radius 2 is 1.84 bits per heavy atom. The highest BCUT2D eigenvalue weighted by Gasteiger charge is 2.37. The van der Waals surface area contributed by atoms with Gasteiger partial charge in [0.2, 0.25) is 5.76 Å². The van der Waals surface area contributed by atoms with Crippen molar-refractivity contribution in [1.29, 1.82) is 0 Å². The first-order valence-corrected chi connectivity index (χ1v) is 6.16. The molecule has 0 radical (unpaired) electrons. The van der Waals surface area contributed by atoms with Crippen LogP contribution in [0.1, 0.15) is 43.9 Å². The van der Waals surface area contributed by atoms with Gasteiger partial charge in [0.15, 0.2) is 11.9 Å². The van der Waals surface area contributed by atoms with Crippen molar-refractivity contribution in [1.82, 2.24) is 0 Å². The Morgan fingerprint density at radius 3 is 2.32 bits per heavy atom. The Morgan fingerprint density at radius 1 is 1.26 bits per heavy atom. The van der Waals surface area contributed by atoms with Gasteiger partial charge in [-0.2, -0.15) is 0 Å². The van der Waals surface area contributed by atoms with Gasteiger partial charge in [0, 0.05) is 0 Å². The summed E-state index contributed by atoms with van der Waals surface area (Å²) in [7, 11) is 0. The van der Waals surface area contributed by atoms with Crippen molar-refractivity contribution < 1.29 is 19.4 Å². The van der Waals surface area contributed by atoms with Crippen molar-refractivity contribution in [3.8, 4) is 0 Å². The van der Waals surface area contributed by atoms with Crippen molar-refractivity contribution in [3.05, 3.63) is 46.7 Å². The molecule has 0 aromatic heterocycles. The van der Waals surface area contributed by atoms with Gasteiger partial charge in [-0.3, -0.25) is 4.79 Å². The lowest BCUT2D eigenvalue weighted by Crippen LogP contribution is -2.08. The van der Waals surface area contributed by atoms with E-state index in [4.69, 9.17) is 4.74 Å². The molecule has 0 amide bonds. The molecule has 1 heterocycles. The van der Waals surface area contributed by atoms with Crippen LogP contribution in [0, 0.1) is 0 Å². The Balaban J connectivity index is 2.37. The average molecular weight is 260 g/mol. The second-order valence-electron chi connectivity index (χ2n) is 4.93. The third-order valence-electron chi connectivity index (χ3n) is 3.22. The summed E-state index contributed by atoms with van der Waals surface area (Å²) in [5.74, 6) is -1.38. The lowest BCUT2D eigenvalue weighted by Gasteiger charge is -2.13. The molecule has 0 saturated heterocycles. The largest absolute Gasteiger partial charge is 0.501 e. The van der Waals surface area contributed by atoms with Crippen molar-refractivity contribution in [3.63, 3.8) is 0 Å². The number of aliphatic hydroxyl groups is 1. The predicted octanol–water partition coefficient (Wildman–Crippen LogP) is 2.81. The van der Waals surface area contributed by atoms with E-state index in [2.05, 4.69) is 13.8 Å². The zero-order chi connectivity index (χ0) is 14.2. The molecule has 1 N–H and O–H groups in total. The molecule has 0 saturated carbocycles. The Labute approximate surface area is 111 Å². The standard InChI is InChI=1S/C15H16O4/c1-8(2)10-4-6-11(7-5-10)14-12(9(3)16)13(17)15(18)19-14/h4-8,14,17H,1-3H3. The van der Waals surface area contributed by atoms with E-state index in [1.807, 2.05) is 24.3 Å². The smallest absolute Gasteiger partial charge is 0.374 e. The summed E-state index contributed by atoms with van der Waals surface area (Å²) in [4.78, 5) is 22.9. The summed E-state index contributed by atoms with van der Waals surface area (Å²) in [6.07, 6.45) is -0.800. The van der Waals surface area contributed by atoms with Gasteiger partial charge in [0.05, 0.1) is 5.57 Å². The quantitative estimate of drug-likeness (QED) is 0.849. The SMILES string of the molecule is CC(=O)C1=C(O)C(=O)OC1c1ccc(C(C)C)cc1.